The molecule has 12 rings (SSSR count). The number of benzene rings is 7. The first-order valence-electron chi connectivity index (χ1n) is 26.3. The molecule has 3 nitrogen and oxygen atoms in total. The summed E-state index contributed by atoms with van der Waals surface area (Å²) >= 11 is 1.99. The second kappa shape index (κ2) is 15.9. The van der Waals surface area contributed by atoms with Gasteiger partial charge >= 0.3 is 6.71 Å². The lowest BCUT2D eigenvalue weighted by molar-refractivity contribution is 0.332. The molecule has 4 heterocycles. The molecule has 0 N–H and O–H groups in total. The molecule has 2 aliphatic heterocycles. The lowest BCUT2D eigenvalue weighted by atomic mass is 9.38. The van der Waals surface area contributed by atoms with E-state index < -0.39 is 0 Å². The Hall–Kier alpha value is -6.30. The number of nitrogens with zero attached hydrogens (tertiary/aromatic N) is 2. The Balaban J connectivity index is 1.25. The molecule has 7 aromatic carbocycles. The van der Waals surface area contributed by atoms with Crippen LogP contribution in [0.5, 0.6) is 0 Å². The molecule has 0 saturated heterocycles. The van der Waals surface area contributed by atoms with Crippen LogP contribution in [0.4, 0.5) is 34.1 Å². The standard InChI is InChI=1S/C67H69BN2OS/c1-40-33-54-58-55(34-40)70(53-29-26-44(64(5,6)7)36-47(53)42-23-19-16-20-24-42)60-49-38-50-51(67(13,14)32-31-66(50,11)12)39-57(49)72-62(60)68(58)61-59(48-37-45(65(8,9)10)27-30-56(48)71-61)69(54)52-28-25-43(63(2,3)4)35-46(52)41-21-17-15-18-22-41/h15-30,33-39H,31-32H2,1-14H3. The van der Waals surface area contributed by atoms with Crippen LogP contribution < -0.4 is 25.7 Å². The second-order valence-corrected chi connectivity index (χ2v) is 26.9. The van der Waals surface area contributed by atoms with Gasteiger partial charge in [-0.3, -0.25) is 0 Å². The molecule has 72 heavy (non-hydrogen) atoms. The Morgan fingerprint density at radius 3 is 1.49 bits per heavy atom. The van der Waals surface area contributed by atoms with Crippen LogP contribution in [0.1, 0.15) is 136 Å². The maximum Gasteiger partial charge on any atom is 0.309 e. The van der Waals surface area contributed by atoms with Crippen molar-refractivity contribution >= 4 is 89.1 Å². The van der Waals surface area contributed by atoms with E-state index in [1.807, 2.05) is 11.3 Å². The summed E-state index contributed by atoms with van der Waals surface area (Å²) in [4.78, 5) is 5.29. The highest BCUT2D eigenvalue weighted by atomic mass is 32.1. The Bertz CT molecular complexity index is 3660. The lowest BCUT2D eigenvalue weighted by Crippen LogP contribution is -2.60. The molecule has 0 amide bonds. The molecule has 0 spiro atoms. The van der Waals surface area contributed by atoms with Crippen molar-refractivity contribution in [1.29, 1.82) is 0 Å². The third-order valence-electron chi connectivity index (χ3n) is 16.6. The average Bonchev–Trinajstić information content (AvgIpc) is 3.90. The number of anilines is 6. The minimum atomic E-state index is -0.155. The number of furan rings is 1. The summed E-state index contributed by atoms with van der Waals surface area (Å²) in [5.41, 5.74) is 23.3. The van der Waals surface area contributed by atoms with E-state index >= 15 is 0 Å². The van der Waals surface area contributed by atoms with Gasteiger partial charge in [-0.2, -0.15) is 0 Å². The van der Waals surface area contributed by atoms with E-state index in [4.69, 9.17) is 4.42 Å². The Kier molecular flexibility index (Phi) is 10.3. The number of fused-ring (bicyclic) bond motifs is 9. The zero-order chi connectivity index (χ0) is 50.6. The van der Waals surface area contributed by atoms with E-state index in [0.29, 0.717) is 0 Å². The van der Waals surface area contributed by atoms with Crippen LogP contribution in [0, 0.1) is 6.92 Å². The summed E-state index contributed by atoms with van der Waals surface area (Å²) in [5.74, 6) is 0. The van der Waals surface area contributed by atoms with Crippen LogP contribution in [0.25, 0.3) is 43.3 Å². The van der Waals surface area contributed by atoms with E-state index in [1.165, 1.54) is 105 Å². The van der Waals surface area contributed by atoms with Crippen molar-refractivity contribution in [3.05, 3.63) is 173 Å². The molecule has 1 aliphatic carbocycles. The van der Waals surface area contributed by atoms with Gasteiger partial charge in [-0.15, -0.1) is 11.3 Å². The monoisotopic (exact) mass is 961 g/mol. The van der Waals surface area contributed by atoms with Crippen molar-refractivity contribution < 1.29 is 4.42 Å². The van der Waals surface area contributed by atoms with Crippen molar-refractivity contribution in [2.24, 2.45) is 0 Å². The van der Waals surface area contributed by atoms with Gasteiger partial charge in [0.15, 0.2) is 0 Å². The van der Waals surface area contributed by atoms with E-state index in [-0.39, 0.29) is 33.8 Å². The van der Waals surface area contributed by atoms with Crippen LogP contribution in [0.2, 0.25) is 0 Å². The van der Waals surface area contributed by atoms with Gasteiger partial charge < -0.3 is 14.2 Å². The molecular weight excluding hydrogens is 892 g/mol. The Morgan fingerprint density at radius 2 is 0.972 bits per heavy atom. The number of thiophene rings is 1. The average molecular weight is 961 g/mol. The largest absolute Gasteiger partial charge is 0.468 e. The fourth-order valence-corrected chi connectivity index (χ4v) is 13.5. The van der Waals surface area contributed by atoms with Gasteiger partial charge in [0.2, 0.25) is 0 Å². The third-order valence-corrected chi connectivity index (χ3v) is 17.8. The fraction of sp³-hybridized carbons (Fsp3) is 0.313. The summed E-state index contributed by atoms with van der Waals surface area (Å²) in [5, 5.41) is 2.48. The highest BCUT2D eigenvalue weighted by Gasteiger charge is 2.50. The molecule has 0 atom stereocenters. The fourth-order valence-electron chi connectivity index (χ4n) is 12.2. The van der Waals surface area contributed by atoms with Crippen LogP contribution in [-0.2, 0) is 27.1 Å². The minimum absolute atomic E-state index is 0.0413. The number of aryl methyl sites for hydroxylation is 1. The van der Waals surface area contributed by atoms with Gasteiger partial charge in [-0.05, 0) is 157 Å². The van der Waals surface area contributed by atoms with Gasteiger partial charge in [0.1, 0.15) is 11.2 Å². The van der Waals surface area contributed by atoms with E-state index in [0.717, 1.165) is 34.4 Å². The smallest absolute Gasteiger partial charge is 0.309 e. The summed E-state index contributed by atoms with van der Waals surface area (Å²) in [6.07, 6.45) is 2.33. The zero-order valence-corrected chi connectivity index (χ0v) is 45.8. The van der Waals surface area contributed by atoms with Crippen molar-refractivity contribution in [2.75, 3.05) is 9.80 Å². The highest BCUT2D eigenvalue weighted by molar-refractivity contribution is 7.33. The molecule has 5 heteroatoms. The molecule has 9 aromatic rings. The normalized spacial score (nSPS) is 15.9. The van der Waals surface area contributed by atoms with Crippen molar-refractivity contribution in [3.8, 4) is 22.3 Å². The molecule has 362 valence electrons. The van der Waals surface area contributed by atoms with E-state index in [2.05, 4.69) is 246 Å². The molecule has 0 bridgehead atoms. The van der Waals surface area contributed by atoms with Crippen LogP contribution in [0.3, 0.4) is 0 Å². The molecule has 0 radical (unpaired) electrons. The summed E-state index contributed by atoms with van der Waals surface area (Å²) < 4.78 is 10.2. The number of rotatable bonds is 4. The van der Waals surface area contributed by atoms with Crippen molar-refractivity contribution in [2.45, 2.75) is 137 Å². The molecule has 2 aromatic heterocycles. The molecule has 3 aliphatic rings. The lowest BCUT2D eigenvalue weighted by Gasteiger charge is -2.43. The molecule has 0 unspecified atom stereocenters. The Labute approximate surface area is 433 Å². The van der Waals surface area contributed by atoms with Gasteiger partial charge in [0, 0.05) is 42.8 Å². The first-order chi connectivity index (χ1) is 34.0. The third kappa shape index (κ3) is 7.26. The van der Waals surface area contributed by atoms with Gasteiger partial charge in [0.05, 0.1) is 22.7 Å². The van der Waals surface area contributed by atoms with E-state index in [1.54, 1.807) is 0 Å². The quantitative estimate of drug-likeness (QED) is 0.164. The minimum Gasteiger partial charge on any atom is -0.468 e. The second-order valence-electron chi connectivity index (χ2n) is 25.8. The SMILES string of the molecule is Cc1cc2c3c(c1)N(c1ccc(C(C)(C)C)cc1-c1ccccc1)c1c(sc4cc5c(cc14)C(C)(C)CCC5(C)C)B3c1oc3ccc(C(C)(C)C)cc3c1N2c1ccc(C(C)(C)C)cc1-c1ccccc1. The summed E-state index contributed by atoms with van der Waals surface area (Å²) in [7, 11) is 0. The molecular formula is C67H69BN2OS. The van der Waals surface area contributed by atoms with Crippen molar-refractivity contribution in [1.82, 2.24) is 0 Å². The molecule has 0 saturated carbocycles. The predicted molar refractivity (Wildman–Crippen MR) is 313 cm³/mol. The first kappa shape index (κ1) is 46.8. The summed E-state index contributed by atoms with van der Waals surface area (Å²) in [6.45, 7) is 32.9. The maximum atomic E-state index is 7.57. The van der Waals surface area contributed by atoms with Crippen LogP contribution >= 0.6 is 11.3 Å². The Morgan fingerprint density at radius 1 is 0.500 bits per heavy atom. The van der Waals surface area contributed by atoms with Crippen LogP contribution in [0.15, 0.2) is 144 Å². The predicted octanol–water partition coefficient (Wildman–Crippen LogP) is 17.6. The topological polar surface area (TPSA) is 19.6 Å². The maximum absolute atomic E-state index is 7.57. The highest BCUT2D eigenvalue weighted by Crippen LogP contribution is 2.55. The van der Waals surface area contributed by atoms with Crippen LogP contribution in [-0.4, -0.2) is 6.71 Å². The first-order valence-corrected chi connectivity index (χ1v) is 27.1. The van der Waals surface area contributed by atoms with Gasteiger partial charge in [-0.1, -0.05) is 169 Å². The number of hydrogen-bond acceptors (Lipinski definition) is 4. The van der Waals surface area contributed by atoms with Gasteiger partial charge in [0.25, 0.3) is 0 Å². The summed E-state index contributed by atoms with van der Waals surface area (Å²) in [6, 6.07) is 53.7. The molecule has 0 fully saturated rings. The van der Waals surface area contributed by atoms with E-state index in [9.17, 15) is 0 Å². The van der Waals surface area contributed by atoms with Crippen molar-refractivity contribution in [3.63, 3.8) is 0 Å². The number of hydrogen-bond donors (Lipinski definition) is 0. The zero-order valence-electron chi connectivity index (χ0n) is 45.0. The van der Waals surface area contributed by atoms with Gasteiger partial charge in [-0.25, -0.2) is 0 Å².